The molecule has 1 fully saturated rings. The number of aromatic hydroxyl groups is 1. The molecule has 1 aromatic carbocycles. The number of likely N-dealkylation sites (tertiary alicyclic amines) is 1. The summed E-state index contributed by atoms with van der Waals surface area (Å²) in [4.78, 5) is 2.52. The Morgan fingerprint density at radius 3 is 2.58 bits per heavy atom. The van der Waals surface area contributed by atoms with Gasteiger partial charge in [-0.3, -0.25) is 4.90 Å². The zero-order chi connectivity index (χ0) is 13.6. The lowest BCUT2D eigenvalue weighted by Gasteiger charge is -2.35. The van der Waals surface area contributed by atoms with Crippen molar-refractivity contribution in [1.29, 1.82) is 0 Å². The van der Waals surface area contributed by atoms with E-state index in [-0.39, 0.29) is 0 Å². The highest BCUT2D eigenvalue weighted by atomic mass is 16.3. The number of hydrogen-bond donors (Lipinski definition) is 2. The van der Waals surface area contributed by atoms with Crippen molar-refractivity contribution in [3.05, 3.63) is 28.8 Å². The zero-order valence-electron chi connectivity index (χ0n) is 11.9. The maximum atomic E-state index is 10.3. The van der Waals surface area contributed by atoms with Crippen molar-refractivity contribution >= 4 is 0 Å². The van der Waals surface area contributed by atoms with Crippen LogP contribution in [-0.2, 0) is 0 Å². The fourth-order valence-electron chi connectivity index (χ4n) is 3.87. The minimum Gasteiger partial charge on any atom is -0.508 e. The van der Waals surface area contributed by atoms with Gasteiger partial charge in [-0.25, -0.2) is 0 Å². The number of rotatable bonds is 1. The summed E-state index contributed by atoms with van der Waals surface area (Å²) in [7, 11) is 0. The molecule has 0 aromatic heterocycles. The van der Waals surface area contributed by atoms with Crippen molar-refractivity contribution in [1.82, 2.24) is 4.90 Å². The van der Waals surface area contributed by atoms with Crippen LogP contribution in [0, 0.1) is 6.92 Å². The Labute approximate surface area is 115 Å². The first-order valence-corrected chi connectivity index (χ1v) is 7.40. The summed E-state index contributed by atoms with van der Waals surface area (Å²) in [5, 5.41) is 10.3. The van der Waals surface area contributed by atoms with Gasteiger partial charge in [0.15, 0.2) is 0 Å². The standard InChI is InChI=1S/C16H24N2O/c1-10-3-4-14(19)16-13(9-11(2)15(10)16)18-7-5-12(17)6-8-18/h3-4,11-13,19H,5-9,17H2,1-2H3. The van der Waals surface area contributed by atoms with Crippen molar-refractivity contribution in [3.63, 3.8) is 0 Å². The lowest BCUT2D eigenvalue weighted by atomic mass is 9.97. The number of benzene rings is 1. The first kappa shape index (κ1) is 12.9. The second-order valence-corrected chi connectivity index (χ2v) is 6.25. The highest BCUT2D eigenvalue weighted by molar-refractivity contribution is 5.51. The van der Waals surface area contributed by atoms with Crippen LogP contribution in [-0.4, -0.2) is 29.1 Å². The molecule has 104 valence electrons. The first-order chi connectivity index (χ1) is 9.08. The summed E-state index contributed by atoms with van der Waals surface area (Å²) in [5.41, 5.74) is 9.87. The van der Waals surface area contributed by atoms with Crippen molar-refractivity contribution in [2.45, 2.75) is 51.1 Å². The van der Waals surface area contributed by atoms with Crippen LogP contribution in [0.5, 0.6) is 5.75 Å². The highest BCUT2D eigenvalue weighted by Crippen LogP contribution is 2.48. The maximum absolute atomic E-state index is 10.3. The molecular formula is C16H24N2O. The number of aryl methyl sites for hydroxylation is 1. The van der Waals surface area contributed by atoms with Crippen LogP contribution in [0.4, 0.5) is 0 Å². The second-order valence-electron chi connectivity index (χ2n) is 6.25. The molecule has 3 N–H and O–H groups in total. The van der Waals surface area contributed by atoms with E-state index in [0.717, 1.165) is 32.4 Å². The van der Waals surface area contributed by atoms with Gasteiger partial charge in [0.05, 0.1) is 0 Å². The minimum atomic E-state index is 0.362. The molecule has 0 bridgehead atoms. The average molecular weight is 260 g/mol. The van der Waals surface area contributed by atoms with E-state index in [1.807, 2.05) is 12.1 Å². The Balaban J connectivity index is 1.93. The van der Waals surface area contributed by atoms with E-state index in [2.05, 4.69) is 18.7 Å². The van der Waals surface area contributed by atoms with E-state index in [9.17, 15) is 5.11 Å². The van der Waals surface area contributed by atoms with Gasteiger partial charge in [-0.05, 0) is 49.3 Å². The molecule has 2 atom stereocenters. The molecule has 1 aliphatic heterocycles. The predicted octanol–water partition coefficient (Wildman–Crippen LogP) is 2.67. The molecule has 2 aliphatic rings. The van der Waals surface area contributed by atoms with Gasteiger partial charge < -0.3 is 10.8 Å². The predicted molar refractivity (Wildman–Crippen MR) is 77.4 cm³/mol. The third-order valence-corrected chi connectivity index (χ3v) is 4.90. The number of hydrogen-bond acceptors (Lipinski definition) is 3. The molecular weight excluding hydrogens is 236 g/mol. The van der Waals surface area contributed by atoms with Crippen LogP contribution in [0.1, 0.15) is 54.8 Å². The Kier molecular flexibility index (Phi) is 3.27. The Hall–Kier alpha value is -1.06. The van der Waals surface area contributed by atoms with Gasteiger partial charge in [-0.2, -0.15) is 0 Å². The third-order valence-electron chi connectivity index (χ3n) is 4.90. The van der Waals surface area contributed by atoms with Crippen molar-refractivity contribution in [2.75, 3.05) is 13.1 Å². The van der Waals surface area contributed by atoms with E-state index >= 15 is 0 Å². The number of nitrogens with two attached hydrogens (primary N) is 1. The summed E-state index contributed by atoms with van der Waals surface area (Å²) in [6, 6.07) is 4.65. The van der Waals surface area contributed by atoms with E-state index < -0.39 is 0 Å². The van der Waals surface area contributed by atoms with Gasteiger partial charge >= 0.3 is 0 Å². The van der Waals surface area contributed by atoms with E-state index in [1.165, 1.54) is 16.7 Å². The first-order valence-electron chi connectivity index (χ1n) is 7.40. The molecule has 2 unspecified atom stereocenters. The fourth-order valence-corrected chi connectivity index (χ4v) is 3.87. The van der Waals surface area contributed by atoms with Gasteiger partial charge in [0.25, 0.3) is 0 Å². The normalized spacial score (nSPS) is 28.6. The minimum absolute atomic E-state index is 0.362. The Morgan fingerprint density at radius 2 is 1.89 bits per heavy atom. The molecule has 0 radical (unpaired) electrons. The van der Waals surface area contributed by atoms with Crippen LogP contribution >= 0.6 is 0 Å². The molecule has 0 amide bonds. The second kappa shape index (κ2) is 4.80. The topological polar surface area (TPSA) is 49.5 Å². The monoisotopic (exact) mass is 260 g/mol. The van der Waals surface area contributed by atoms with Crippen molar-refractivity contribution in [2.24, 2.45) is 5.73 Å². The Morgan fingerprint density at radius 1 is 1.21 bits per heavy atom. The van der Waals surface area contributed by atoms with Crippen molar-refractivity contribution in [3.8, 4) is 5.75 Å². The maximum Gasteiger partial charge on any atom is 0.120 e. The molecule has 1 aromatic rings. The van der Waals surface area contributed by atoms with Crippen LogP contribution in [0.25, 0.3) is 0 Å². The van der Waals surface area contributed by atoms with E-state index in [4.69, 9.17) is 5.73 Å². The quantitative estimate of drug-likeness (QED) is 0.816. The van der Waals surface area contributed by atoms with E-state index in [1.54, 1.807) is 0 Å². The number of phenols is 1. The number of nitrogens with zero attached hydrogens (tertiary/aromatic N) is 1. The average Bonchev–Trinajstić information content (AvgIpc) is 2.74. The lowest BCUT2D eigenvalue weighted by Crippen LogP contribution is -2.41. The molecule has 1 heterocycles. The fraction of sp³-hybridized carbons (Fsp3) is 0.625. The Bertz CT molecular complexity index is 478. The number of fused-ring (bicyclic) bond motifs is 1. The van der Waals surface area contributed by atoms with Crippen LogP contribution in [0.3, 0.4) is 0 Å². The van der Waals surface area contributed by atoms with Gasteiger partial charge in [-0.15, -0.1) is 0 Å². The zero-order valence-corrected chi connectivity index (χ0v) is 11.9. The van der Waals surface area contributed by atoms with Gasteiger partial charge in [0, 0.05) is 30.7 Å². The SMILES string of the molecule is Cc1ccc(O)c2c1C(C)CC2N1CCC(N)CC1. The summed E-state index contributed by atoms with van der Waals surface area (Å²) >= 11 is 0. The summed E-state index contributed by atoms with van der Waals surface area (Å²) in [5.74, 6) is 1.02. The largest absolute Gasteiger partial charge is 0.508 e. The van der Waals surface area contributed by atoms with Crippen LogP contribution in [0.2, 0.25) is 0 Å². The van der Waals surface area contributed by atoms with Gasteiger partial charge in [0.1, 0.15) is 5.75 Å². The molecule has 3 nitrogen and oxygen atoms in total. The molecule has 3 heteroatoms. The molecule has 1 saturated heterocycles. The summed E-state index contributed by atoms with van der Waals surface area (Å²) in [6.07, 6.45) is 3.28. The summed E-state index contributed by atoms with van der Waals surface area (Å²) < 4.78 is 0. The smallest absolute Gasteiger partial charge is 0.120 e. The number of piperidine rings is 1. The van der Waals surface area contributed by atoms with Gasteiger partial charge in [-0.1, -0.05) is 13.0 Å². The van der Waals surface area contributed by atoms with Crippen LogP contribution < -0.4 is 5.73 Å². The van der Waals surface area contributed by atoms with Gasteiger partial charge in [0.2, 0.25) is 0 Å². The third kappa shape index (κ3) is 2.15. The highest BCUT2D eigenvalue weighted by Gasteiger charge is 2.36. The van der Waals surface area contributed by atoms with E-state index in [0.29, 0.717) is 23.8 Å². The molecule has 1 aliphatic carbocycles. The molecule has 0 saturated carbocycles. The van der Waals surface area contributed by atoms with Crippen molar-refractivity contribution < 1.29 is 5.11 Å². The number of phenolic OH excluding ortho intramolecular Hbond substituents is 1. The lowest BCUT2D eigenvalue weighted by molar-refractivity contribution is 0.148. The molecule has 0 spiro atoms. The summed E-state index contributed by atoms with van der Waals surface area (Å²) in [6.45, 7) is 6.56. The molecule has 19 heavy (non-hydrogen) atoms. The van der Waals surface area contributed by atoms with Crippen LogP contribution in [0.15, 0.2) is 12.1 Å². The molecule has 3 rings (SSSR count).